The maximum absolute atomic E-state index is 12.4. The number of esters is 2. The molecule has 0 saturated carbocycles. The van der Waals surface area contributed by atoms with Gasteiger partial charge < -0.3 is 19.7 Å². The molecule has 0 radical (unpaired) electrons. The number of rotatable bonds is 21. The van der Waals surface area contributed by atoms with Gasteiger partial charge in [0, 0.05) is 19.6 Å². The van der Waals surface area contributed by atoms with E-state index in [4.69, 9.17) is 19.7 Å². The monoisotopic (exact) mass is 458 g/mol. The van der Waals surface area contributed by atoms with Gasteiger partial charge in [-0.05, 0) is 32.1 Å². The van der Waals surface area contributed by atoms with E-state index in [1.165, 1.54) is 44.9 Å². The van der Waals surface area contributed by atoms with Crippen molar-refractivity contribution in [2.75, 3.05) is 13.2 Å². The standard InChI is InChI=1S/C26H50O6/c1-5-7-8-9-10-11-12-13-14-15-24(32-26(30)22(4)17-19-28)20-23(6-2)31-25(29)21(3)16-18-27/h21-24,27-28H,5-20H2,1-4H3. The molecule has 0 bridgehead atoms. The smallest absolute Gasteiger partial charge is 0.309 e. The molecule has 0 fully saturated rings. The van der Waals surface area contributed by atoms with E-state index in [0.29, 0.717) is 25.7 Å². The molecule has 0 aliphatic carbocycles. The zero-order chi connectivity index (χ0) is 24.2. The minimum atomic E-state index is -0.350. The maximum atomic E-state index is 12.4. The van der Waals surface area contributed by atoms with Crippen LogP contribution in [0.4, 0.5) is 0 Å². The van der Waals surface area contributed by atoms with Gasteiger partial charge in [0.25, 0.3) is 0 Å². The van der Waals surface area contributed by atoms with Crippen LogP contribution in [-0.2, 0) is 19.1 Å². The minimum absolute atomic E-state index is 0.0445. The van der Waals surface area contributed by atoms with Gasteiger partial charge in [0.1, 0.15) is 12.2 Å². The van der Waals surface area contributed by atoms with Crippen molar-refractivity contribution in [3.05, 3.63) is 0 Å². The van der Waals surface area contributed by atoms with Gasteiger partial charge in [-0.2, -0.15) is 0 Å². The van der Waals surface area contributed by atoms with Crippen molar-refractivity contribution < 1.29 is 29.3 Å². The van der Waals surface area contributed by atoms with Crippen LogP contribution in [-0.4, -0.2) is 47.6 Å². The predicted octanol–water partition coefficient (Wildman–Crippen LogP) is 5.57. The van der Waals surface area contributed by atoms with E-state index in [2.05, 4.69) is 6.92 Å². The molecule has 0 aliphatic heterocycles. The number of carbonyl (C=O) groups is 2. The van der Waals surface area contributed by atoms with Crippen LogP contribution in [0.15, 0.2) is 0 Å². The van der Waals surface area contributed by atoms with Crippen LogP contribution >= 0.6 is 0 Å². The first-order valence-corrected chi connectivity index (χ1v) is 13.0. The fourth-order valence-electron chi connectivity index (χ4n) is 3.68. The molecule has 32 heavy (non-hydrogen) atoms. The maximum Gasteiger partial charge on any atom is 0.309 e. The molecule has 0 aromatic heterocycles. The fourth-order valence-corrected chi connectivity index (χ4v) is 3.68. The fraction of sp³-hybridized carbons (Fsp3) is 0.923. The van der Waals surface area contributed by atoms with Crippen LogP contribution in [0.1, 0.15) is 118 Å². The van der Waals surface area contributed by atoms with Gasteiger partial charge in [-0.15, -0.1) is 0 Å². The van der Waals surface area contributed by atoms with Crippen molar-refractivity contribution >= 4 is 11.9 Å². The SMILES string of the molecule is CCCCCCCCCCCC(CC(CC)OC(=O)C(C)CCO)OC(=O)C(C)CCO. The first-order chi connectivity index (χ1) is 15.4. The summed E-state index contributed by atoms with van der Waals surface area (Å²) in [6.07, 6.45) is 13.1. The Morgan fingerprint density at radius 1 is 0.656 bits per heavy atom. The van der Waals surface area contributed by atoms with E-state index in [9.17, 15) is 9.59 Å². The van der Waals surface area contributed by atoms with E-state index in [1.54, 1.807) is 13.8 Å². The predicted molar refractivity (Wildman–Crippen MR) is 128 cm³/mol. The van der Waals surface area contributed by atoms with Crippen molar-refractivity contribution in [2.24, 2.45) is 11.8 Å². The lowest BCUT2D eigenvalue weighted by molar-refractivity contribution is -0.161. The van der Waals surface area contributed by atoms with Gasteiger partial charge in [-0.3, -0.25) is 9.59 Å². The molecule has 2 N–H and O–H groups in total. The Morgan fingerprint density at radius 2 is 1.09 bits per heavy atom. The van der Waals surface area contributed by atoms with Crippen LogP contribution in [0.3, 0.4) is 0 Å². The highest BCUT2D eigenvalue weighted by molar-refractivity contribution is 5.72. The Kier molecular flexibility index (Phi) is 19.7. The lowest BCUT2D eigenvalue weighted by atomic mass is 10.0. The molecule has 0 spiro atoms. The average molecular weight is 459 g/mol. The number of aliphatic hydroxyl groups is 2. The lowest BCUT2D eigenvalue weighted by Gasteiger charge is -2.25. The number of ether oxygens (including phenoxy) is 2. The summed E-state index contributed by atoms with van der Waals surface area (Å²) < 4.78 is 11.4. The van der Waals surface area contributed by atoms with E-state index < -0.39 is 0 Å². The van der Waals surface area contributed by atoms with Crippen LogP contribution in [0.25, 0.3) is 0 Å². The summed E-state index contributed by atoms with van der Waals surface area (Å²) in [5, 5.41) is 18.2. The van der Waals surface area contributed by atoms with Crippen LogP contribution in [0.2, 0.25) is 0 Å². The van der Waals surface area contributed by atoms with Crippen molar-refractivity contribution in [1.82, 2.24) is 0 Å². The van der Waals surface area contributed by atoms with E-state index in [0.717, 1.165) is 19.3 Å². The van der Waals surface area contributed by atoms with Crippen molar-refractivity contribution in [1.29, 1.82) is 0 Å². The van der Waals surface area contributed by atoms with Gasteiger partial charge >= 0.3 is 11.9 Å². The van der Waals surface area contributed by atoms with E-state index >= 15 is 0 Å². The number of carbonyl (C=O) groups excluding carboxylic acids is 2. The molecular weight excluding hydrogens is 408 g/mol. The normalized spacial score (nSPS) is 15.1. The summed E-state index contributed by atoms with van der Waals surface area (Å²) in [4.78, 5) is 24.7. The third kappa shape index (κ3) is 15.6. The number of aliphatic hydroxyl groups excluding tert-OH is 2. The minimum Gasteiger partial charge on any atom is -0.462 e. The summed E-state index contributed by atoms with van der Waals surface area (Å²) in [5.41, 5.74) is 0. The molecule has 4 atom stereocenters. The molecule has 0 saturated heterocycles. The summed E-state index contributed by atoms with van der Waals surface area (Å²) in [7, 11) is 0. The molecule has 0 heterocycles. The quantitative estimate of drug-likeness (QED) is 0.173. The molecule has 0 amide bonds. The molecule has 0 rings (SSSR count). The van der Waals surface area contributed by atoms with Gasteiger partial charge in [0.05, 0.1) is 11.8 Å². The highest BCUT2D eigenvalue weighted by Crippen LogP contribution is 2.20. The number of hydrogen-bond acceptors (Lipinski definition) is 6. The van der Waals surface area contributed by atoms with Crippen molar-refractivity contribution in [3.8, 4) is 0 Å². The van der Waals surface area contributed by atoms with Gasteiger partial charge in [-0.25, -0.2) is 0 Å². The Labute approximate surface area is 196 Å². The Bertz CT molecular complexity index is 467. The second-order valence-corrected chi connectivity index (χ2v) is 9.21. The zero-order valence-electron chi connectivity index (χ0n) is 21.2. The molecule has 0 aromatic rings. The van der Waals surface area contributed by atoms with Crippen molar-refractivity contribution in [2.45, 2.75) is 130 Å². The molecule has 6 heteroatoms. The van der Waals surface area contributed by atoms with Crippen LogP contribution in [0, 0.1) is 11.8 Å². The van der Waals surface area contributed by atoms with E-state index in [1.807, 2.05) is 6.92 Å². The summed E-state index contributed by atoms with van der Waals surface area (Å²) >= 11 is 0. The molecule has 190 valence electrons. The Hall–Kier alpha value is -1.14. The highest BCUT2D eigenvalue weighted by atomic mass is 16.6. The van der Waals surface area contributed by atoms with E-state index in [-0.39, 0.29) is 49.2 Å². The largest absolute Gasteiger partial charge is 0.462 e. The first-order valence-electron chi connectivity index (χ1n) is 13.0. The second kappa shape index (κ2) is 20.5. The highest BCUT2D eigenvalue weighted by Gasteiger charge is 2.25. The van der Waals surface area contributed by atoms with Gasteiger partial charge in [-0.1, -0.05) is 79.1 Å². The molecule has 6 nitrogen and oxygen atoms in total. The van der Waals surface area contributed by atoms with Crippen molar-refractivity contribution in [3.63, 3.8) is 0 Å². The summed E-state index contributed by atoms with van der Waals surface area (Å²) in [6, 6.07) is 0. The average Bonchev–Trinajstić information content (AvgIpc) is 2.77. The molecular formula is C26H50O6. The van der Waals surface area contributed by atoms with Gasteiger partial charge in [0.2, 0.25) is 0 Å². The molecule has 0 aromatic carbocycles. The first kappa shape index (κ1) is 30.9. The van der Waals surface area contributed by atoms with Crippen LogP contribution < -0.4 is 0 Å². The lowest BCUT2D eigenvalue weighted by Crippen LogP contribution is -2.30. The Morgan fingerprint density at radius 3 is 1.53 bits per heavy atom. The second-order valence-electron chi connectivity index (χ2n) is 9.21. The Balaban J connectivity index is 4.64. The topological polar surface area (TPSA) is 93.1 Å². The molecule has 4 unspecified atom stereocenters. The number of unbranched alkanes of at least 4 members (excludes halogenated alkanes) is 8. The summed E-state index contributed by atoms with van der Waals surface area (Å²) in [5.74, 6) is -1.31. The van der Waals surface area contributed by atoms with Gasteiger partial charge in [0.15, 0.2) is 0 Å². The third-order valence-electron chi connectivity index (χ3n) is 6.11. The third-order valence-corrected chi connectivity index (χ3v) is 6.11. The zero-order valence-corrected chi connectivity index (χ0v) is 21.2. The summed E-state index contributed by atoms with van der Waals surface area (Å²) in [6.45, 7) is 7.61. The molecule has 0 aliphatic rings. The van der Waals surface area contributed by atoms with Crippen LogP contribution in [0.5, 0.6) is 0 Å². The number of hydrogen-bond donors (Lipinski definition) is 2.